The summed E-state index contributed by atoms with van der Waals surface area (Å²) in [5.74, 6) is -1.67. The molecule has 2 heterocycles. The van der Waals surface area contributed by atoms with Gasteiger partial charge in [0, 0.05) is 67.6 Å². The SMILES string of the molecule is CCOC(=O)c1c2c(n(C)c1CN1CCN(CCO)CC1)C(=O)C(=O)c1ccc(Br)cc1-2. The van der Waals surface area contributed by atoms with Gasteiger partial charge in [0.05, 0.1) is 18.8 Å². The van der Waals surface area contributed by atoms with Gasteiger partial charge in [-0.2, -0.15) is 0 Å². The van der Waals surface area contributed by atoms with E-state index in [1.165, 1.54) is 0 Å². The smallest absolute Gasteiger partial charge is 0.340 e. The van der Waals surface area contributed by atoms with Crippen LogP contribution in [-0.2, 0) is 18.3 Å². The summed E-state index contributed by atoms with van der Waals surface area (Å²) < 4.78 is 7.82. The largest absolute Gasteiger partial charge is 0.462 e. The van der Waals surface area contributed by atoms with E-state index in [9.17, 15) is 19.5 Å². The molecule has 0 radical (unpaired) electrons. The molecule has 0 saturated carbocycles. The van der Waals surface area contributed by atoms with E-state index >= 15 is 0 Å². The summed E-state index contributed by atoms with van der Waals surface area (Å²) in [6.07, 6.45) is 0. The zero-order valence-electron chi connectivity index (χ0n) is 18.2. The van der Waals surface area contributed by atoms with Crippen molar-refractivity contribution in [1.29, 1.82) is 0 Å². The molecule has 8 nitrogen and oxygen atoms in total. The van der Waals surface area contributed by atoms with Gasteiger partial charge >= 0.3 is 5.97 Å². The van der Waals surface area contributed by atoms with Gasteiger partial charge in [-0.15, -0.1) is 0 Å². The van der Waals surface area contributed by atoms with Crippen LogP contribution in [-0.4, -0.2) is 82.9 Å². The van der Waals surface area contributed by atoms with Crippen molar-refractivity contribution in [3.05, 3.63) is 45.2 Å². The molecule has 1 aliphatic carbocycles. The summed E-state index contributed by atoms with van der Waals surface area (Å²) in [5.41, 5.74) is 2.58. The minimum Gasteiger partial charge on any atom is -0.462 e. The van der Waals surface area contributed by atoms with Crippen molar-refractivity contribution < 1.29 is 24.2 Å². The number of ether oxygens (including phenoxy) is 1. The van der Waals surface area contributed by atoms with Gasteiger partial charge in [-0.3, -0.25) is 19.4 Å². The topological polar surface area (TPSA) is 92.1 Å². The molecule has 2 aromatic rings. The maximum Gasteiger partial charge on any atom is 0.340 e. The van der Waals surface area contributed by atoms with E-state index in [1.54, 1.807) is 36.7 Å². The number of hydrogen-bond donors (Lipinski definition) is 1. The Bertz CT molecular complexity index is 1090. The van der Waals surface area contributed by atoms with Gasteiger partial charge < -0.3 is 14.4 Å². The maximum absolute atomic E-state index is 13.1. The first-order valence-electron chi connectivity index (χ1n) is 10.7. The minimum atomic E-state index is -0.609. The monoisotopic (exact) mass is 503 g/mol. The molecule has 1 fully saturated rings. The van der Waals surface area contributed by atoms with Crippen LogP contribution in [0, 0.1) is 0 Å². The third kappa shape index (κ3) is 3.94. The van der Waals surface area contributed by atoms with Crippen LogP contribution in [0.5, 0.6) is 0 Å². The summed E-state index contributed by atoms with van der Waals surface area (Å²) >= 11 is 3.44. The third-order valence-corrected chi connectivity index (χ3v) is 6.66. The Morgan fingerprint density at radius 1 is 1.09 bits per heavy atom. The van der Waals surface area contributed by atoms with E-state index in [4.69, 9.17) is 4.74 Å². The van der Waals surface area contributed by atoms with Crippen molar-refractivity contribution in [1.82, 2.24) is 14.4 Å². The van der Waals surface area contributed by atoms with E-state index in [-0.39, 0.29) is 18.9 Å². The lowest BCUT2D eigenvalue weighted by Gasteiger charge is -2.34. The molecule has 0 amide bonds. The van der Waals surface area contributed by atoms with Gasteiger partial charge in [-0.25, -0.2) is 4.79 Å². The van der Waals surface area contributed by atoms with Gasteiger partial charge in [0.2, 0.25) is 5.78 Å². The van der Waals surface area contributed by atoms with Gasteiger partial charge in [0.25, 0.3) is 5.78 Å². The molecule has 9 heteroatoms. The summed E-state index contributed by atoms with van der Waals surface area (Å²) in [6, 6.07) is 5.11. The molecule has 1 saturated heterocycles. The van der Waals surface area contributed by atoms with Crippen LogP contribution < -0.4 is 0 Å². The second kappa shape index (κ2) is 9.27. The number of hydrogen-bond acceptors (Lipinski definition) is 7. The molecule has 32 heavy (non-hydrogen) atoms. The van der Waals surface area contributed by atoms with Gasteiger partial charge in [-0.1, -0.05) is 15.9 Å². The van der Waals surface area contributed by atoms with Crippen molar-refractivity contribution in [3.8, 4) is 11.1 Å². The fourth-order valence-corrected chi connectivity index (χ4v) is 4.91. The van der Waals surface area contributed by atoms with E-state index in [0.29, 0.717) is 41.0 Å². The zero-order valence-corrected chi connectivity index (χ0v) is 19.8. The molecule has 1 aromatic heterocycles. The summed E-state index contributed by atoms with van der Waals surface area (Å²) in [5, 5.41) is 9.17. The molecule has 1 aliphatic heterocycles. The van der Waals surface area contributed by atoms with Crippen LogP contribution in [0.2, 0.25) is 0 Å². The number of aromatic nitrogens is 1. The number of aliphatic hydroxyl groups excluding tert-OH is 1. The van der Waals surface area contributed by atoms with E-state index in [0.717, 1.165) is 30.7 Å². The van der Waals surface area contributed by atoms with Crippen LogP contribution in [0.3, 0.4) is 0 Å². The number of nitrogens with zero attached hydrogens (tertiary/aromatic N) is 3. The highest BCUT2D eigenvalue weighted by Crippen LogP contribution is 2.41. The molecule has 0 spiro atoms. The summed E-state index contributed by atoms with van der Waals surface area (Å²) in [6.45, 7) is 6.34. The van der Waals surface area contributed by atoms with Crippen molar-refractivity contribution >= 4 is 33.5 Å². The molecule has 0 atom stereocenters. The number of ketones is 2. The normalized spacial score (nSPS) is 16.8. The van der Waals surface area contributed by atoms with Crippen molar-refractivity contribution in [2.75, 3.05) is 45.9 Å². The molecule has 0 unspecified atom stereocenters. The number of Topliss-reactive ketones (excluding diaryl/α,β-unsaturated/α-hetero) is 2. The number of benzene rings is 1. The fraction of sp³-hybridized carbons (Fsp3) is 0.435. The van der Waals surface area contributed by atoms with E-state index in [2.05, 4.69) is 25.7 Å². The first-order chi connectivity index (χ1) is 15.4. The Hall–Kier alpha value is -2.33. The lowest BCUT2D eigenvalue weighted by Crippen LogP contribution is -2.47. The third-order valence-electron chi connectivity index (χ3n) is 6.17. The number of esters is 1. The maximum atomic E-state index is 13.1. The Kier molecular flexibility index (Phi) is 6.62. The zero-order chi connectivity index (χ0) is 23.0. The minimum absolute atomic E-state index is 0.128. The van der Waals surface area contributed by atoms with Gasteiger partial charge in [-0.05, 0) is 30.7 Å². The highest BCUT2D eigenvalue weighted by Gasteiger charge is 2.39. The second-order valence-electron chi connectivity index (χ2n) is 8.01. The number of rotatable bonds is 6. The number of β-amino-alcohol motifs (C(OH)–C–C–N with tert-alkyl or cyclic N) is 1. The number of piperazine rings is 1. The van der Waals surface area contributed by atoms with Crippen LogP contribution in [0.4, 0.5) is 0 Å². The Morgan fingerprint density at radius 3 is 2.44 bits per heavy atom. The summed E-state index contributed by atoms with van der Waals surface area (Å²) in [7, 11) is 1.73. The molecule has 0 bridgehead atoms. The highest BCUT2D eigenvalue weighted by atomic mass is 79.9. The Labute approximate surface area is 194 Å². The Morgan fingerprint density at radius 2 is 1.78 bits per heavy atom. The van der Waals surface area contributed by atoms with Gasteiger partial charge in [0.1, 0.15) is 5.69 Å². The first kappa shape index (κ1) is 22.8. The lowest BCUT2D eigenvalue weighted by molar-refractivity contribution is 0.0522. The quantitative estimate of drug-likeness (QED) is 0.476. The predicted molar refractivity (Wildman–Crippen MR) is 122 cm³/mol. The van der Waals surface area contributed by atoms with E-state index in [1.807, 2.05) is 0 Å². The highest BCUT2D eigenvalue weighted by molar-refractivity contribution is 9.10. The Balaban J connectivity index is 1.81. The van der Waals surface area contributed by atoms with Crippen molar-refractivity contribution in [2.24, 2.45) is 7.05 Å². The van der Waals surface area contributed by atoms with Crippen LogP contribution >= 0.6 is 15.9 Å². The molecule has 1 aromatic carbocycles. The standard InChI is InChI=1S/C23H26BrN3O5/c1-3-32-23(31)19-17(13-27-8-6-26(7-9-27)10-11-28)25(2)20-18(19)16-12-14(24)4-5-15(16)21(29)22(20)30/h4-5,12,28H,3,6-11,13H2,1-2H3. The van der Waals surface area contributed by atoms with Crippen molar-refractivity contribution in [3.63, 3.8) is 0 Å². The van der Waals surface area contributed by atoms with E-state index < -0.39 is 17.5 Å². The van der Waals surface area contributed by atoms with Crippen molar-refractivity contribution in [2.45, 2.75) is 13.5 Å². The summed E-state index contributed by atoms with van der Waals surface area (Å²) in [4.78, 5) is 43.4. The number of carbonyl (C=O) groups excluding carboxylic acids is 3. The molecule has 1 N–H and O–H groups in total. The number of carbonyl (C=O) groups is 3. The predicted octanol–water partition coefficient (Wildman–Crippen LogP) is 2.12. The number of fused-ring (bicyclic) bond motifs is 3. The lowest BCUT2D eigenvalue weighted by atomic mass is 9.85. The number of aliphatic hydroxyl groups is 1. The van der Waals surface area contributed by atoms with Gasteiger partial charge in [0.15, 0.2) is 0 Å². The molecular weight excluding hydrogens is 478 g/mol. The number of halogens is 1. The average Bonchev–Trinajstić information content (AvgIpc) is 3.06. The second-order valence-corrected chi connectivity index (χ2v) is 8.93. The van der Waals surface area contributed by atoms with Crippen LogP contribution in [0.1, 0.15) is 43.8 Å². The molecule has 2 aliphatic rings. The van der Waals surface area contributed by atoms with Crippen LogP contribution in [0.15, 0.2) is 22.7 Å². The fourth-order valence-electron chi connectivity index (χ4n) is 4.54. The average molecular weight is 504 g/mol. The molecular formula is C23H26BrN3O5. The first-order valence-corrected chi connectivity index (χ1v) is 11.5. The molecule has 4 rings (SSSR count). The van der Waals surface area contributed by atoms with Crippen LogP contribution in [0.25, 0.3) is 11.1 Å². The molecule has 170 valence electrons.